The van der Waals surface area contributed by atoms with E-state index in [0.717, 1.165) is 24.0 Å². The largest absolute Gasteiger partial charge is 0.495 e. The van der Waals surface area contributed by atoms with Crippen molar-refractivity contribution in [1.29, 1.82) is 0 Å². The number of urea groups is 1. The van der Waals surface area contributed by atoms with Crippen molar-refractivity contribution >= 4 is 11.7 Å². The van der Waals surface area contributed by atoms with Gasteiger partial charge in [0.25, 0.3) is 0 Å². The summed E-state index contributed by atoms with van der Waals surface area (Å²) < 4.78 is 18.8. The molecule has 0 unspecified atom stereocenters. The second-order valence-corrected chi connectivity index (χ2v) is 6.04. The normalized spacial score (nSPS) is 17.0. The summed E-state index contributed by atoms with van der Waals surface area (Å²) in [5.74, 6) is 0.343. The SMILES string of the molecule is COc1ccc(C)cc1NC(=O)N1CCC[C@@H]1c1cccc(F)c1. The first-order chi connectivity index (χ1) is 11.6. The number of anilines is 1. The molecule has 0 spiro atoms. The Morgan fingerprint density at radius 2 is 2.12 bits per heavy atom. The highest BCUT2D eigenvalue weighted by molar-refractivity contribution is 5.91. The van der Waals surface area contributed by atoms with Gasteiger partial charge in [-0.1, -0.05) is 18.2 Å². The van der Waals surface area contributed by atoms with Gasteiger partial charge in [0.15, 0.2) is 0 Å². The van der Waals surface area contributed by atoms with Crippen molar-refractivity contribution in [2.45, 2.75) is 25.8 Å². The molecule has 2 aromatic carbocycles. The molecular formula is C19H21FN2O2. The molecule has 0 aliphatic carbocycles. The summed E-state index contributed by atoms with van der Waals surface area (Å²) in [6.07, 6.45) is 1.74. The number of amides is 2. The first kappa shape index (κ1) is 16.3. The zero-order valence-corrected chi connectivity index (χ0v) is 13.9. The first-order valence-corrected chi connectivity index (χ1v) is 8.06. The lowest BCUT2D eigenvalue weighted by Gasteiger charge is -2.26. The minimum Gasteiger partial charge on any atom is -0.495 e. The smallest absolute Gasteiger partial charge is 0.322 e. The summed E-state index contributed by atoms with van der Waals surface area (Å²) in [6.45, 7) is 2.61. The number of likely N-dealkylation sites (tertiary alicyclic amines) is 1. The van der Waals surface area contributed by atoms with E-state index < -0.39 is 0 Å². The minimum atomic E-state index is -0.278. The fourth-order valence-corrected chi connectivity index (χ4v) is 3.18. The molecule has 1 aliphatic heterocycles. The van der Waals surface area contributed by atoms with Crippen LogP contribution in [0, 0.1) is 12.7 Å². The van der Waals surface area contributed by atoms with Crippen LogP contribution >= 0.6 is 0 Å². The zero-order valence-electron chi connectivity index (χ0n) is 13.9. The quantitative estimate of drug-likeness (QED) is 0.900. The number of rotatable bonds is 3. The molecule has 1 fully saturated rings. The topological polar surface area (TPSA) is 41.6 Å². The molecule has 1 N–H and O–H groups in total. The van der Waals surface area contributed by atoms with Gasteiger partial charge in [-0.15, -0.1) is 0 Å². The van der Waals surface area contributed by atoms with Gasteiger partial charge in [-0.2, -0.15) is 0 Å². The molecule has 1 atom stereocenters. The van der Waals surface area contributed by atoms with Crippen molar-refractivity contribution in [1.82, 2.24) is 4.90 Å². The van der Waals surface area contributed by atoms with Gasteiger partial charge < -0.3 is 15.0 Å². The molecule has 0 aromatic heterocycles. The van der Waals surface area contributed by atoms with Crippen LogP contribution in [0.15, 0.2) is 42.5 Å². The summed E-state index contributed by atoms with van der Waals surface area (Å²) in [5, 5.41) is 2.93. The van der Waals surface area contributed by atoms with Crippen LogP contribution in [0.1, 0.15) is 30.0 Å². The van der Waals surface area contributed by atoms with E-state index in [2.05, 4.69) is 5.32 Å². The lowest BCUT2D eigenvalue weighted by atomic mass is 10.0. The van der Waals surface area contributed by atoms with E-state index in [1.165, 1.54) is 12.1 Å². The van der Waals surface area contributed by atoms with Crippen molar-refractivity contribution in [3.8, 4) is 5.75 Å². The summed E-state index contributed by atoms with van der Waals surface area (Å²) in [4.78, 5) is 14.5. The van der Waals surface area contributed by atoms with Gasteiger partial charge in [-0.05, 0) is 55.2 Å². The van der Waals surface area contributed by atoms with E-state index in [4.69, 9.17) is 4.74 Å². The zero-order chi connectivity index (χ0) is 17.1. The van der Waals surface area contributed by atoms with E-state index >= 15 is 0 Å². The molecule has 3 rings (SSSR count). The highest BCUT2D eigenvalue weighted by Crippen LogP contribution is 2.33. The molecule has 4 nitrogen and oxygen atoms in total. The van der Waals surface area contributed by atoms with E-state index in [-0.39, 0.29) is 17.9 Å². The van der Waals surface area contributed by atoms with Crippen LogP contribution in [0.5, 0.6) is 5.75 Å². The lowest BCUT2D eigenvalue weighted by Crippen LogP contribution is -2.34. The van der Waals surface area contributed by atoms with Gasteiger partial charge in [0.05, 0.1) is 18.8 Å². The molecule has 1 heterocycles. The van der Waals surface area contributed by atoms with Crippen molar-refractivity contribution < 1.29 is 13.9 Å². The Kier molecular flexibility index (Phi) is 4.69. The summed E-state index contributed by atoms with van der Waals surface area (Å²) in [6, 6.07) is 11.8. The summed E-state index contributed by atoms with van der Waals surface area (Å²) in [7, 11) is 1.58. The van der Waals surface area contributed by atoms with Crippen LogP contribution in [-0.4, -0.2) is 24.6 Å². The van der Waals surface area contributed by atoms with Crippen molar-refractivity contribution in [3.05, 3.63) is 59.4 Å². The van der Waals surface area contributed by atoms with Crippen LogP contribution < -0.4 is 10.1 Å². The molecule has 1 saturated heterocycles. The third kappa shape index (κ3) is 3.35. The van der Waals surface area contributed by atoms with Crippen LogP contribution in [0.25, 0.3) is 0 Å². The molecule has 0 bridgehead atoms. The summed E-state index contributed by atoms with van der Waals surface area (Å²) >= 11 is 0. The fraction of sp³-hybridized carbons (Fsp3) is 0.316. The van der Waals surface area contributed by atoms with E-state index in [1.54, 1.807) is 18.1 Å². The number of benzene rings is 2. The second-order valence-electron chi connectivity index (χ2n) is 6.04. The van der Waals surface area contributed by atoms with E-state index in [0.29, 0.717) is 18.0 Å². The molecular weight excluding hydrogens is 307 g/mol. The van der Waals surface area contributed by atoms with Crippen LogP contribution in [0.2, 0.25) is 0 Å². The maximum Gasteiger partial charge on any atom is 0.322 e. The van der Waals surface area contributed by atoms with Crippen LogP contribution in [-0.2, 0) is 0 Å². The highest BCUT2D eigenvalue weighted by atomic mass is 19.1. The van der Waals surface area contributed by atoms with Gasteiger partial charge in [-0.25, -0.2) is 9.18 Å². The predicted molar refractivity (Wildman–Crippen MR) is 91.8 cm³/mol. The van der Waals surface area contributed by atoms with Crippen molar-refractivity contribution in [2.24, 2.45) is 0 Å². The van der Waals surface area contributed by atoms with Gasteiger partial charge in [0, 0.05) is 6.54 Å². The highest BCUT2D eigenvalue weighted by Gasteiger charge is 2.30. The standard InChI is InChI=1S/C19H21FN2O2/c1-13-8-9-18(24-2)16(11-13)21-19(23)22-10-4-7-17(22)14-5-3-6-15(20)12-14/h3,5-6,8-9,11-12,17H,4,7,10H2,1-2H3,(H,21,23)/t17-/m1/s1. The van der Waals surface area contributed by atoms with Crippen LogP contribution in [0.3, 0.4) is 0 Å². The number of ether oxygens (including phenoxy) is 1. The molecule has 0 saturated carbocycles. The number of carbonyl (C=O) groups excluding carboxylic acids is 1. The Bertz CT molecular complexity index is 748. The number of halogens is 1. The molecule has 126 valence electrons. The van der Waals surface area contributed by atoms with Gasteiger partial charge in [0.2, 0.25) is 0 Å². The van der Waals surface area contributed by atoms with Gasteiger partial charge >= 0.3 is 6.03 Å². The molecule has 2 amide bonds. The average molecular weight is 328 g/mol. The number of hydrogen-bond donors (Lipinski definition) is 1. The molecule has 2 aromatic rings. The number of nitrogens with zero attached hydrogens (tertiary/aromatic N) is 1. The molecule has 0 radical (unpaired) electrons. The Labute approximate surface area is 141 Å². The second kappa shape index (κ2) is 6.91. The van der Waals surface area contributed by atoms with Crippen molar-refractivity contribution in [2.75, 3.05) is 19.0 Å². The molecule has 24 heavy (non-hydrogen) atoms. The fourth-order valence-electron chi connectivity index (χ4n) is 3.18. The third-order valence-electron chi connectivity index (χ3n) is 4.34. The number of methoxy groups -OCH3 is 1. The number of carbonyl (C=O) groups is 1. The predicted octanol–water partition coefficient (Wildman–Crippen LogP) is 4.51. The van der Waals surface area contributed by atoms with E-state index in [9.17, 15) is 9.18 Å². The average Bonchev–Trinajstić information content (AvgIpc) is 3.05. The Morgan fingerprint density at radius 1 is 1.29 bits per heavy atom. The van der Waals surface area contributed by atoms with Crippen molar-refractivity contribution in [3.63, 3.8) is 0 Å². The Morgan fingerprint density at radius 3 is 2.88 bits per heavy atom. The first-order valence-electron chi connectivity index (χ1n) is 8.06. The molecule has 1 aliphatic rings. The minimum absolute atomic E-state index is 0.100. The van der Waals surface area contributed by atoms with Gasteiger partial charge in [0.1, 0.15) is 11.6 Å². The van der Waals surface area contributed by atoms with Crippen LogP contribution in [0.4, 0.5) is 14.9 Å². The van der Waals surface area contributed by atoms with Gasteiger partial charge in [-0.3, -0.25) is 0 Å². The number of nitrogens with one attached hydrogen (secondary N) is 1. The molecule has 5 heteroatoms. The monoisotopic (exact) mass is 328 g/mol. The maximum absolute atomic E-state index is 13.5. The maximum atomic E-state index is 13.5. The summed E-state index contributed by atoms with van der Waals surface area (Å²) in [5.41, 5.74) is 2.51. The third-order valence-corrected chi connectivity index (χ3v) is 4.34. The number of aryl methyl sites for hydroxylation is 1. The Balaban J connectivity index is 1.80. The lowest BCUT2D eigenvalue weighted by molar-refractivity contribution is 0.207. The Hall–Kier alpha value is -2.56. The number of hydrogen-bond acceptors (Lipinski definition) is 2. The van der Waals surface area contributed by atoms with E-state index in [1.807, 2.05) is 31.2 Å².